The fourth-order valence-electron chi connectivity index (χ4n) is 4.95. The quantitative estimate of drug-likeness (QED) is 0.0400. The van der Waals surface area contributed by atoms with E-state index in [0.717, 1.165) is 4.31 Å². The number of hydrogen-bond donors (Lipinski definition) is 4. The summed E-state index contributed by atoms with van der Waals surface area (Å²) >= 11 is 0. The van der Waals surface area contributed by atoms with Crippen LogP contribution >= 0.6 is 0 Å². The van der Waals surface area contributed by atoms with Crippen molar-refractivity contribution in [3.05, 3.63) is 129 Å². The van der Waals surface area contributed by atoms with Crippen LogP contribution in [0.2, 0.25) is 0 Å². The first kappa shape index (κ1) is 47.3. The Labute approximate surface area is 326 Å². The molecule has 316 valence electrons. The summed E-state index contributed by atoms with van der Waals surface area (Å²) in [7, 11) is -8.23. The molecule has 0 fully saturated rings. The van der Waals surface area contributed by atoms with Gasteiger partial charge in [0.25, 0.3) is 11.8 Å². The molecule has 0 saturated carbocycles. The largest absolute Gasteiger partial charge is 0.383 e. The fourth-order valence-corrected chi connectivity index (χ4v) is 8.09. The molecule has 4 aromatic rings. The Morgan fingerprint density at radius 2 is 0.983 bits per heavy atom. The summed E-state index contributed by atoms with van der Waals surface area (Å²) in [5.74, 6) is -18.2. The first-order valence-electron chi connectivity index (χ1n) is 16.3. The maximum absolute atomic E-state index is 14.1. The highest BCUT2D eigenvalue weighted by Crippen LogP contribution is 2.28. The number of methoxy groups -OCH3 is 1. The highest BCUT2D eigenvalue weighted by Gasteiger charge is 2.34. The lowest BCUT2D eigenvalue weighted by Gasteiger charge is -2.24. The molecular formula is C35H34F8N4O9S2. The van der Waals surface area contributed by atoms with Gasteiger partial charge in [0.15, 0.2) is 46.5 Å². The molecule has 0 heterocycles. The van der Waals surface area contributed by atoms with Crippen molar-refractivity contribution >= 4 is 31.9 Å². The number of carbonyl (C=O) groups excluding carboxylic acids is 2. The smallest absolute Gasteiger partial charge is 0.274 e. The Kier molecular flexibility index (Phi) is 16.4. The standard InChI is InChI=1S/C18H18F4N2O4S.C17H16F4N2O5S/c1-10(2)8-24(9-11-3-5-12(6-4-11)18(25)23-26)29(27,28)14-7-13(19)15(20)17(22)16(14)21;1-28-7-6-23(9-10-2-4-11(5-3-10)17(24)22-25)29(26,27)13-8-12(18)14(19)16(21)15(13)20/h3-7,10,26H,8-9H2,1-2H3,(H,23,25);2-5,8,25H,6-7,9H2,1H3,(H,22,24). The summed E-state index contributed by atoms with van der Waals surface area (Å²) in [5.41, 5.74) is 3.78. The number of nitrogens with one attached hydrogen (secondary N) is 2. The van der Waals surface area contributed by atoms with Gasteiger partial charge in [0.2, 0.25) is 20.0 Å². The number of rotatable bonds is 15. The molecule has 0 aliphatic carbocycles. The van der Waals surface area contributed by atoms with E-state index in [9.17, 15) is 61.5 Å². The number of carbonyl (C=O) groups is 2. The number of hydroxylamine groups is 2. The number of benzene rings is 4. The summed E-state index contributed by atoms with van der Waals surface area (Å²) < 4.78 is 166. The van der Waals surface area contributed by atoms with Gasteiger partial charge in [-0.1, -0.05) is 38.1 Å². The maximum atomic E-state index is 14.1. The van der Waals surface area contributed by atoms with Crippen molar-refractivity contribution in [2.75, 3.05) is 26.8 Å². The van der Waals surface area contributed by atoms with Crippen LogP contribution in [0.15, 0.2) is 70.5 Å². The molecular weight excluding hydrogens is 837 g/mol. The van der Waals surface area contributed by atoms with Gasteiger partial charge in [-0.15, -0.1) is 0 Å². The van der Waals surface area contributed by atoms with Gasteiger partial charge in [0.1, 0.15) is 9.79 Å². The van der Waals surface area contributed by atoms with Crippen molar-refractivity contribution < 1.29 is 76.7 Å². The average Bonchev–Trinajstić information content (AvgIpc) is 3.19. The van der Waals surface area contributed by atoms with Crippen LogP contribution in [-0.2, 0) is 37.9 Å². The number of amides is 2. The van der Waals surface area contributed by atoms with Crippen molar-refractivity contribution in [3.63, 3.8) is 0 Å². The van der Waals surface area contributed by atoms with Gasteiger partial charge in [0, 0.05) is 56.5 Å². The second-order valence-electron chi connectivity index (χ2n) is 12.4. The van der Waals surface area contributed by atoms with E-state index in [-0.39, 0.29) is 62.0 Å². The van der Waals surface area contributed by atoms with Crippen molar-refractivity contribution in [1.29, 1.82) is 0 Å². The van der Waals surface area contributed by atoms with E-state index in [0.29, 0.717) is 15.4 Å². The van der Waals surface area contributed by atoms with Crippen molar-refractivity contribution in [1.82, 2.24) is 19.6 Å². The molecule has 58 heavy (non-hydrogen) atoms. The first-order chi connectivity index (χ1) is 27.1. The number of hydrogen-bond acceptors (Lipinski definition) is 9. The van der Waals surface area contributed by atoms with Crippen LogP contribution in [0.5, 0.6) is 0 Å². The molecule has 23 heteroatoms. The second-order valence-corrected chi connectivity index (χ2v) is 16.2. The lowest BCUT2D eigenvalue weighted by molar-refractivity contribution is 0.0702. The van der Waals surface area contributed by atoms with Gasteiger partial charge < -0.3 is 4.74 Å². The molecule has 0 aliphatic heterocycles. The minimum absolute atomic E-state index is 0.0670. The van der Waals surface area contributed by atoms with E-state index < -0.39 is 88.2 Å². The van der Waals surface area contributed by atoms with Crippen LogP contribution in [0.4, 0.5) is 35.1 Å². The Hall–Kier alpha value is -5.04. The minimum atomic E-state index is -4.78. The van der Waals surface area contributed by atoms with Crippen LogP contribution < -0.4 is 11.0 Å². The molecule has 0 bridgehead atoms. The third kappa shape index (κ3) is 11.1. The van der Waals surface area contributed by atoms with Crippen LogP contribution in [0.1, 0.15) is 45.7 Å². The van der Waals surface area contributed by atoms with E-state index in [1.54, 1.807) is 13.8 Å². The zero-order valence-corrected chi connectivity index (χ0v) is 32.0. The predicted molar refractivity (Wildman–Crippen MR) is 186 cm³/mol. The normalized spacial score (nSPS) is 11.8. The Balaban J connectivity index is 0.000000310. The lowest BCUT2D eigenvalue weighted by Crippen LogP contribution is -2.34. The molecule has 0 unspecified atom stereocenters. The fraction of sp³-hybridized carbons (Fsp3) is 0.257. The molecule has 13 nitrogen and oxygen atoms in total. The highest BCUT2D eigenvalue weighted by molar-refractivity contribution is 7.89. The lowest BCUT2D eigenvalue weighted by atomic mass is 10.1. The Bertz CT molecular complexity index is 2340. The predicted octanol–water partition coefficient (Wildman–Crippen LogP) is 5.41. The number of halogens is 8. The first-order valence-corrected chi connectivity index (χ1v) is 19.2. The zero-order chi connectivity index (χ0) is 43.7. The van der Waals surface area contributed by atoms with Crippen LogP contribution in [0.25, 0.3) is 0 Å². The molecule has 0 spiro atoms. The SMILES string of the molecule is CC(C)CN(Cc1ccc(C(=O)NO)cc1)S(=O)(=O)c1cc(F)c(F)c(F)c1F.COCCN(Cc1ccc(C(=O)NO)cc1)S(=O)(=O)c1cc(F)c(F)c(F)c1F. The summed E-state index contributed by atoms with van der Waals surface area (Å²) in [4.78, 5) is 20.0. The van der Waals surface area contributed by atoms with Gasteiger partial charge >= 0.3 is 0 Å². The van der Waals surface area contributed by atoms with Crippen LogP contribution in [0, 0.1) is 52.5 Å². The summed E-state index contributed by atoms with van der Waals surface area (Å²) in [6.45, 7) is 2.13. The number of sulfonamides is 2. The third-order valence-electron chi connectivity index (χ3n) is 7.84. The van der Waals surface area contributed by atoms with Gasteiger partial charge in [0.05, 0.1) is 6.61 Å². The Morgan fingerprint density at radius 1 is 0.621 bits per heavy atom. The maximum Gasteiger partial charge on any atom is 0.274 e. The van der Waals surface area contributed by atoms with E-state index in [1.807, 2.05) is 0 Å². The monoisotopic (exact) mass is 870 g/mol. The molecule has 4 N–H and O–H groups in total. The van der Waals surface area contributed by atoms with E-state index in [4.69, 9.17) is 15.2 Å². The number of ether oxygens (including phenoxy) is 1. The molecule has 2 amide bonds. The molecule has 4 rings (SSSR count). The van der Waals surface area contributed by atoms with Crippen LogP contribution in [-0.4, -0.2) is 74.5 Å². The van der Waals surface area contributed by atoms with Crippen molar-refractivity contribution in [2.24, 2.45) is 5.92 Å². The topological polar surface area (TPSA) is 183 Å². The summed E-state index contributed by atoms with van der Waals surface area (Å²) in [5, 5.41) is 17.2. The second kappa shape index (κ2) is 20.1. The van der Waals surface area contributed by atoms with Crippen molar-refractivity contribution in [2.45, 2.75) is 36.7 Å². The molecule has 0 saturated heterocycles. The molecule has 4 aromatic carbocycles. The minimum Gasteiger partial charge on any atom is -0.383 e. The molecule has 0 aromatic heterocycles. The zero-order valence-electron chi connectivity index (χ0n) is 30.4. The molecule has 0 radical (unpaired) electrons. The number of nitrogens with zero attached hydrogens (tertiary/aromatic N) is 2. The third-order valence-corrected chi connectivity index (χ3v) is 11.5. The van der Waals surface area contributed by atoms with E-state index in [1.165, 1.54) is 66.6 Å². The highest BCUT2D eigenvalue weighted by atomic mass is 32.2. The summed E-state index contributed by atoms with van der Waals surface area (Å²) in [6.07, 6.45) is 0. The molecule has 0 aliphatic rings. The molecule has 0 atom stereocenters. The van der Waals surface area contributed by atoms with Gasteiger partial charge in [-0.3, -0.25) is 20.0 Å². The van der Waals surface area contributed by atoms with Crippen molar-refractivity contribution in [3.8, 4) is 0 Å². The van der Waals surface area contributed by atoms with Gasteiger partial charge in [-0.05, 0) is 41.3 Å². The average molecular weight is 871 g/mol. The van der Waals surface area contributed by atoms with Gasteiger partial charge in [-0.2, -0.15) is 8.61 Å². The Morgan fingerprint density at radius 3 is 1.33 bits per heavy atom. The van der Waals surface area contributed by atoms with E-state index in [2.05, 4.69) is 0 Å². The summed E-state index contributed by atoms with van der Waals surface area (Å²) in [6, 6.07) is 10.9. The van der Waals surface area contributed by atoms with Crippen LogP contribution in [0.3, 0.4) is 0 Å². The van der Waals surface area contributed by atoms with E-state index >= 15 is 0 Å². The van der Waals surface area contributed by atoms with Gasteiger partial charge in [-0.25, -0.2) is 62.9 Å².